The van der Waals surface area contributed by atoms with Gasteiger partial charge in [-0.05, 0) is 30.4 Å². The normalized spacial score (nSPS) is 19.0. The third-order valence-electron chi connectivity index (χ3n) is 3.45. The quantitative estimate of drug-likeness (QED) is 0.881. The Bertz CT molecular complexity index is 518. The number of fused-ring (bicyclic) bond motifs is 1. The van der Waals surface area contributed by atoms with Crippen molar-refractivity contribution >= 4 is 11.3 Å². The molecule has 1 aromatic carbocycles. The van der Waals surface area contributed by atoms with Crippen molar-refractivity contribution in [2.45, 2.75) is 31.7 Å². The van der Waals surface area contributed by atoms with E-state index < -0.39 is 0 Å². The lowest BCUT2D eigenvalue weighted by Gasteiger charge is -2.23. The molecule has 88 valence electrons. The molecule has 2 nitrogen and oxygen atoms in total. The van der Waals surface area contributed by atoms with Crippen molar-refractivity contribution in [1.82, 2.24) is 4.98 Å². The second-order valence-corrected chi connectivity index (χ2v) is 5.41. The minimum absolute atomic E-state index is 0.491. The Morgan fingerprint density at radius 1 is 1.35 bits per heavy atom. The summed E-state index contributed by atoms with van der Waals surface area (Å²) in [5.41, 5.74) is 9.62. The summed E-state index contributed by atoms with van der Waals surface area (Å²) in [7, 11) is 0. The molecule has 1 aliphatic carbocycles. The second kappa shape index (κ2) is 4.59. The van der Waals surface area contributed by atoms with Gasteiger partial charge in [0.2, 0.25) is 0 Å². The van der Waals surface area contributed by atoms with Crippen LogP contribution in [0.3, 0.4) is 0 Å². The smallest absolute Gasteiger partial charge is 0.100 e. The van der Waals surface area contributed by atoms with E-state index >= 15 is 0 Å². The Morgan fingerprint density at radius 3 is 3.06 bits per heavy atom. The van der Waals surface area contributed by atoms with Crippen LogP contribution >= 0.6 is 11.3 Å². The molecule has 0 radical (unpaired) electrons. The molecule has 2 N–H and O–H groups in total. The zero-order chi connectivity index (χ0) is 11.7. The minimum atomic E-state index is 0.491. The Labute approximate surface area is 106 Å². The van der Waals surface area contributed by atoms with Crippen LogP contribution in [0.4, 0.5) is 0 Å². The van der Waals surface area contributed by atoms with Crippen molar-refractivity contribution in [2.75, 3.05) is 0 Å². The standard InChI is InChI=1S/C14H16N2S/c15-8-11-9-17-14(16-11)13-7-3-5-10-4-1-2-6-12(10)13/h1-2,4,6,9,13H,3,5,7-8,15H2. The lowest BCUT2D eigenvalue weighted by Crippen LogP contribution is -2.11. The average Bonchev–Trinajstić information content (AvgIpc) is 2.87. The number of thiazole rings is 1. The van der Waals surface area contributed by atoms with E-state index in [1.165, 1.54) is 35.4 Å². The van der Waals surface area contributed by atoms with Crippen LogP contribution in [0.5, 0.6) is 0 Å². The van der Waals surface area contributed by atoms with E-state index in [2.05, 4.69) is 34.6 Å². The molecular weight excluding hydrogens is 228 g/mol. The van der Waals surface area contributed by atoms with Gasteiger partial charge in [-0.3, -0.25) is 0 Å². The van der Waals surface area contributed by atoms with Gasteiger partial charge in [-0.25, -0.2) is 4.98 Å². The molecule has 3 heteroatoms. The number of aromatic nitrogens is 1. The maximum Gasteiger partial charge on any atom is 0.100 e. The van der Waals surface area contributed by atoms with Gasteiger partial charge in [0, 0.05) is 17.8 Å². The van der Waals surface area contributed by atoms with E-state index in [1.807, 2.05) is 0 Å². The van der Waals surface area contributed by atoms with Gasteiger partial charge in [0.1, 0.15) is 5.01 Å². The molecule has 2 aromatic rings. The number of rotatable bonds is 2. The SMILES string of the molecule is NCc1csc(C2CCCc3ccccc32)n1. The number of benzene rings is 1. The van der Waals surface area contributed by atoms with E-state index in [9.17, 15) is 0 Å². The van der Waals surface area contributed by atoms with E-state index in [4.69, 9.17) is 5.73 Å². The summed E-state index contributed by atoms with van der Waals surface area (Å²) >= 11 is 1.75. The molecule has 3 rings (SSSR count). The van der Waals surface area contributed by atoms with E-state index in [-0.39, 0.29) is 0 Å². The first-order valence-electron chi connectivity index (χ1n) is 6.10. The van der Waals surface area contributed by atoms with Crippen LogP contribution in [0.25, 0.3) is 0 Å². The summed E-state index contributed by atoms with van der Waals surface area (Å²) in [6.45, 7) is 0.546. The molecule has 0 fully saturated rings. The summed E-state index contributed by atoms with van der Waals surface area (Å²) in [6, 6.07) is 8.77. The van der Waals surface area contributed by atoms with E-state index in [1.54, 1.807) is 11.3 Å². The Morgan fingerprint density at radius 2 is 2.24 bits per heavy atom. The molecule has 0 amide bonds. The average molecular weight is 244 g/mol. The first kappa shape index (κ1) is 10.9. The third kappa shape index (κ3) is 2.01. The van der Waals surface area contributed by atoms with Crippen LogP contribution in [-0.4, -0.2) is 4.98 Å². The molecule has 0 aliphatic heterocycles. The predicted molar refractivity (Wildman–Crippen MR) is 71.2 cm³/mol. The highest BCUT2D eigenvalue weighted by Crippen LogP contribution is 2.37. The molecule has 1 atom stereocenters. The monoisotopic (exact) mass is 244 g/mol. The lowest BCUT2D eigenvalue weighted by atomic mass is 9.83. The zero-order valence-electron chi connectivity index (χ0n) is 9.73. The summed E-state index contributed by atoms with van der Waals surface area (Å²) in [4.78, 5) is 4.64. The highest BCUT2D eigenvalue weighted by molar-refractivity contribution is 7.09. The molecule has 1 aliphatic rings. The molecule has 0 spiro atoms. The molecule has 0 saturated heterocycles. The van der Waals surface area contributed by atoms with Crippen molar-refractivity contribution in [1.29, 1.82) is 0 Å². The predicted octanol–water partition coefficient (Wildman–Crippen LogP) is 3.07. The van der Waals surface area contributed by atoms with Gasteiger partial charge in [0.15, 0.2) is 0 Å². The Hall–Kier alpha value is -1.19. The van der Waals surface area contributed by atoms with Crippen molar-refractivity contribution in [3.05, 3.63) is 51.5 Å². The van der Waals surface area contributed by atoms with E-state index in [0.717, 1.165) is 5.69 Å². The maximum atomic E-state index is 5.63. The van der Waals surface area contributed by atoms with Crippen LogP contribution in [0.2, 0.25) is 0 Å². The number of hydrogen-bond donors (Lipinski definition) is 1. The maximum absolute atomic E-state index is 5.63. The fraction of sp³-hybridized carbons (Fsp3) is 0.357. The largest absolute Gasteiger partial charge is 0.325 e. The third-order valence-corrected chi connectivity index (χ3v) is 4.45. The fourth-order valence-electron chi connectivity index (χ4n) is 2.59. The minimum Gasteiger partial charge on any atom is -0.325 e. The van der Waals surface area contributed by atoms with Crippen molar-refractivity contribution in [3.8, 4) is 0 Å². The van der Waals surface area contributed by atoms with Gasteiger partial charge in [-0.1, -0.05) is 24.3 Å². The van der Waals surface area contributed by atoms with Crippen LogP contribution in [0.15, 0.2) is 29.6 Å². The van der Waals surface area contributed by atoms with Crippen LogP contribution in [0, 0.1) is 0 Å². The molecule has 0 bridgehead atoms. The number of nitrogens with zero attached hydrogens (tertiary/aromatic N) is 1. The topological polar surface area (TPSA) is 38.9 Å². The van der Waals surface area contributed by atoms with Crippen LogP contribution in [0.1, 0.15) is 40.6 Å². The van der Waals surface area contributed by atoms with Crippen LogP contribution < -0.4 is 5.73 Å². The molecule has 1 heterocycles. The van der Waals surface area contributed by atoms with Crippen molar-refractivity contribution < 1.29 is 0 Å². The second-order valence-electron chi connectivity index (χ2n) is 4.52. The van der Waals surface area contributed by atoms with Crippen LogP contribution in [-0.2, 0) is 13.0 Å². The number of nitrogens with two attached hydrogens (primary N) is 1. The highest BCUT2D eigenvalue weighted by Gasteiger charge is 2.23. The van der Waals surface area contributed by atoms with Gasteiger partial charge in [0.05, 0.1) is 5.69 Å². The molecule has 17 heavy (non-hydrogen) atoms. The number of hydrogen-bond acceptors (Lipinski definition) is 3. The van der Waals surface area contributed by atoms with Gasteiger partial charge >= 0.3 is 0 Å². The molecule has 1 aromatic heterocycles. The van der Waals surface area contributed by atoms with Gasteiger partial charge in [-0.15, -0.1) is 11.3 Å². The molecular formula is C14H16N2S. The summed E-state index contributed by atoms with van der Waals surface area (Å²) in [5.74, 6) is 0.491. The molecule has 1 unspecified atom stereocenters. The van der Waals surface area contributed by atoms with Gasteiger partial charge < -0.3 is 5.73 Å². The van der Waals surface area contributed by atoms with E-state index in [0.29, 0.717) is 12.5 Å². The summed E-state index contributed by atoms with van der Waals surface area (Å²) in [5, 5.41) is 3.32. The number of aryl methyl sites for hydroxylation is 1. The zero-order valence-corrected chi connectivity index (χ0v) is 10.5. The van der Waals surface area contributed by atoms with Gasteiger partial charge in [-0.2, -0.15) is 0 Å². The van der Waals surface area contributed by atoms with Crippen molar-refractivity contribution in [2.24, 2.45) is 5.73 Å². The first-order chi connectivity index (χ1) is 8.38. The molecule has 0 saturated carbocycles. The first-order valence-corrected chi connectivity index (χ1v) is 6.98. The summed E-state index contributed by atoms with van der Waals surface area (Å²) in [6.07, 6.45) is 3.69. The highest BCUT2D eigenvalue weighted by atomic mass is 32.1. The Kier molecular flexibility index (Phi) is 2.95. The Balaban J connectivity index is 1.99. The fourth-order valence-corrected chi connectivity index (χ4v) is 3.57. The summed E-state index contributed by atoms with van der Waals surface area (Å²) < 4.78 is 0. The lowest BCUT2D eigenvalue weighted by molar-refractivity contribution is 0.612. The van der Waals surface area contributed by atoms with Gasteiger partial charge in [0.25, 0.3) is 0 Å². The van der Waals surface area contributed by atoms with Crippen molar-refractivity contribution in [3.63, 3.8) is 0 Å².